The predicted molar refractivity (Wildman–Crippen MR) is 126 cm³/mol. The fourth-order valence-electron chi connectivity index (χ4n) is 4.47. The molecule has 2 aromatic rings. The molecule has 0 spiro atoms. The Morgan fingerprint density at radius 1 is 0.939 bits per heavy atom. The average Bonchev–Trinajstić information content (AvgIpc) is 3.09. The Labute approximate surface area is 194 Å². The van der Waals surface area contributed by atoms with E-state index in [0.717, 1.165) is 22.3 Å². The summed E-state index contributed by atoms with van der Waals surface area (Å²) >= 11 is 0. The Balaban J connectivity index is 1.61. The Hall–Kier alpha value is -3.35. The molecule has 0 saturated heterocycles. The van der Waals surface area contributed by atoms with Gasteiger partial charge in [0.25, 0.3) is 0 Å². The summed E-state index contributed by atoms with van der Waals surface area (Å²) < 4.78 is 5.49. The molecule has 0 heterocycles. The molecule has 0 bridgehead atoms. The second kappa shape index (κ2) is 9.65. The van der Waals surface area contributed by atoms with E-state index in [4.69, 9.17) is 4.74 Å². The molecule has 0 radical (unpaired) electrons. The Morgan fingerprint density at radius 2 is 1.45 bits per heavy atom. The normalized spacial score (nSPS) is 14.7. The first kappa shape index (κ1) is 24.3. The molecule has 7 nitrogen and oxygen atoms in total. The number of carbonyl (C=O) groups excluding carboxylic acids is 2. The average molecular weight is 453 g/mol. The van der Waals surface area contributed by atoms with Crippen LogP contribution in [0.4, 0.5) is 4.79 Å². The van der Waals surface area contributed by atoms with Crippen molar-refractivity contribution in [2.24, 2.45) is 11.3 Å². The summed E-state index contributed by atoms with van der Waals surface area (Å²) in [6.45, 7) is 8.53. The highest BCUT2D eigenvalue weighted by Gasteiger charge is 2.40. The molecule has 2 unspecified atom stereocenters. The summed E-state index contributed by atoms with van der Waals surface area (Å²) in [6.07, 6.45) is -0.696. The summed E-state index contributed by atoms with van der Waals surface area (Å²) in [6, 6.07) is 14.6. The van der Waals surface area contributed by atoms with Crippen LogP contribution in [0.3, 0.4) is 0 Å². The van der Waals surface area contributed by atoms with E-state index in [2.05, 4.69) is 22.8 Å². The third-order valence-electron chi connectivity index (χ3n) is 6.36. The molecule has 2 amide bonds. The summed E-state index contributed by atoms with van der Waals surface area (Å²) in [5.41, 5.74) is 3.32. The van der Waals surface area contributed by atoms with Crippen LogP contribution in [-0.2, 0) is 14.3 Å². The number of carbonyl (C=O) groups is 3. The van der Waals surface area contributed by atoms with Crippen LogP contribution in [0, 0.1) is 11.3 Å². The van der Waals surface area contributed by atoms with Crippen molar-refractivity contribution in [3.05, 3.63) is 59.7 Å². The van der Waals surface area contributed by atoms with Gasteiger partial charge in [-0.25, -0.2) is 4.79 Å². The molecule has 3 N–H and O–H groups in total. The zero-order valence-electron chi connectivity index (χ0n) is 19.7. The molecule has 1 aliphatic carbocycles. The number of rotatable bonds is 8. The van der Waals surface area contributed by atoms with Crippen molar-refractivity contribution in [3.8, 4) is 11.1 Å². The monoisotopic (exact) mass is 452 g/mol. The lowest BCUT2D eigenvalue weighted by molar-refractivity contribution is -0.150. The third-order valence-corrected chi connectivity index (χ3v) is 6.36. The molecule has 2 atom stereocenters. The van der Waals surface area contributed by atoms with Gasteiger partial charge in [-0.3, -0.25) is 9.59 Å². The van der Waals surface area contributed by atoms with E-state index in [1.807, 2.05) is 50.2 Å². The number of carboxylic acid groups (broad SMARTS) is 1. The molecule has 0 aromatic heterocycles. The van der Waals surface area contributed by atoms with Crippen molar-refractivity contribution in [3.63, 3.8) is 0 Å². The van der Waals surface area contributed by atoms with Crippen molar-refractivity contribution in [1.82, 2.24) is 10.6 Å². The number of hydrogen-bond donors (Lipinski definition) is 3. The number of benzene rings is 2. The van der Waals surface area contributed by atoms with Gasteiger partial charge in [0.05, 0.1) is 5.41 Å². The molecule has 1 aliphatic rings. The van der Waals surface area contributed by atoms with Gasteiger partial charge in [0.1, 0.15) is 12.6 Å². The van der Waals surface area contributed by atoms with Crippen LogP contribution in [0.15, 0.2) is 48.5 Å². The molecular formula is C26H32N2O5. The Morgan fingerprint density at radius 3 is 1.94 bits per heavy atom. The van der Waals surface area contributed by atoms with E-state index < -0.39 is 35.5 Å². The van der Waals surface area contributed by atoms with E-state index >= 15 is 0 Å². The van der Waals surface area contributed by atoms with Gasteiger partial charge in [-0.1, -0.05) is 62.4 Å². The van der Waals surface area contributed by atoms with Gasteiger partial charge >= 0.3 is 12.1 Å². The van der Waals surface area contributed by atoms with Crippen LogP contribution >= 0.6 is 0 Å². The standard InChI is InChI=1S/C26H32N2O5/c1-15(2)22(26(4,5)24(30)31)28-23(29)16(3)27-25(32)33-14-21-19-12-8-6-10-17(19)18-11-7-9-13-20(18)21/h6-13,15-16,21-22H,14H2,1-5H3,(H,27,32)(H,28,29)(H,30,31). The first-order valence-corrected chi connectivity index (χ1v) is 11.2. The third kappa shape index (κ3) is 5.02. The van der Waals surface area contributed by atoms with Crippen molar-refractivity contribution < 1.29 is 24.2 Å². The lowest BCUT2D eigenvalue weighted by Crippen LogP contribution is -2.56. The highest BCUT2D eigenvalue weighted by Crippen LogP contribution is 2.44. The molecule has 0 saturated carbocycles. The van der Waals surface area contributed by atoms with Gasteiger partial charge in [-0.05, 0) is 48.9 Å². The minimum atomic E-state index is -1.16. The van der Waals surface area contributed by atoms with Gasteiger partial charge in [0.2, 0.25) is 5.91 Å². The number of fused-ring (bicyclic) bond motifs is 3. The summed E-state index contributed by atoms with van der Waals surface area (Å²) in [5, 5.41) is 14.9. The first-order chi connectivity index (χ1) is 15.5. The predicted octanol–water partition coefficient (Wildman–Crippen LogP) is 4.17. The maximum Gasteiger partial charge on any atom is 0.407 e. The minimum Gasteiger partial charge on any atom is -0.481 e. The number of carboxylic acids is 1. The zero-order chi connectivity index (χ0) is 24.3. The SMILES string of the molecule is CC(NC(=O)OCC1c2ccccc2-c2ccccc21)C(=O)NC(C(C)C)C(C)(C)C(=O)O. The molecule has 0 fully saturated rings. The van der Waals surface area contributed by atoms with Gasteiger partial charge in [-0.2, -0.15) is 0 Å². The van der Waals surface area contributed by atoms with E-state index in [0.29, 0.717) is 0 Å². The largest absolute Gasteiger partial charge is 0.481 e. The highest BCUT2D eigenvalue weighted by molar-refractivity contribution is 5.86. The Kier molecular flexibility index (Phi) is 7.10. The van der Waals surface area contributed by atoms with Gasteiger partial charge in [0, 0.05) is 12.0 Å². The molecular weight excluding hydrogens is 420 g/mol. The summed E-state index contributed by atoms with van der Waals surface area (Å²) in [4.78, 5) is 36.8. The second-order valence-electron chi connectivity index (χ2n) is 9.45. The van der Waals surface area contributed by atoms with Gasteiger partial charge in [0.15, 0.2) is 0 Å². The zero-order valence-corrected chi connectivity index (χ0v) is 19.7. The van der Waals surface area contributed by atoms with Crippen LogP contribution < -0.4 is 10.6 Å². The Bertz CT molecular complexity index is 1000. The fraction of sp³-hybridized carbons (Fsp3) is 0.423. The van der Waals surface area contributed by atoms with Crippen molar-refractivity contribution in [2.45, 2.75) is 52.6 Å². The fourth-order valence-corrected chi connectivity index (χ4v) is 4.47. The van der Waals surface area contributed by atoms with E-state index in [9.17, 15) is 19.5 Å². The topological polar surface area (TPSA) is 105 Å². The number of aliphatic carboxylic acids is 1. The van der Waals surface area contributed by atoms with Crippen molar-refractivity contribution in [2.75, 3.05) is 6.61 Å². The maximum absolute atomic E-state index is 12.7. The van der Waals surface area contributed by atoms with Crippen LogP contribution in [0.1, 0.15) is 51.7 Å². The van der Waals surface area contributed by atoms with Crippen LogP contribution in [0.25, 0.3) is 11.1 Å². The van der Waals surface area contributed by atoms with E-state index in [1.165, 1.54) is 0 Å². The lowest BCUT2D eigenvalue weighted by atomic mass is 9.78. The highest BCUT2D eigenvalue weighted by atomic mass is 16.5. The quantitative estimate of drug-likeness (QED) is 0.558. The number of hydrogen-bond acceptors (Lipinski definition) is 4. The molecule has 33 heavy (non-hydrogen) atoms. The maximum atomic E-state index is 12.7. The number of ether oxygens (including phenoxy) is 1. The molecule has 176 valence electrons. The smallest absolute Gasteiger partial charge is 0.407 e. The van der Waals surface area contributed by atoms with E-state index in [-0.39, 0.29) is 18.4 Å². The number of nitrogens with one attached hydrogen (secondary N) is 2. The summed E-state index contributed by atoms with van der Waals surface area (Å²) in [5.74, 6) is -1.65. The molecule has 3 rings (SSSR count). The molecule has 0 aliphatic heterocycles. The van der Waals surface area contributed by atoms with Crippen LogP contribution in [-0.4, -0.2) is 41.8 Å². The van der Waals surface area contributed by atoms with Gasteiger partial charge < -0.3 is 20.5 Å². The summed E-state index contributed by atoms with van der Waals surface area (Å²) in [7, 11) is 0. The van der Waals surface area contributed by atoms with Crippen molar-refractivity contribution >= 4 is 18.0 Å². The minimum absolute atomic E-state index is 0.0750. The van der Waals surface area contributed by atoms with Gasteiger partial charge in [-0.15, -0.1) is 0 Å². The molecule has 7 heteroatoms. The number of alkyl carbamates (subject to hydrolysis) is 1. The second-order valence-corrected chi connectivity index (χ2v) is 9.45. The van der Waals surface area contributed by atoms with E-state index in [1.54, 1.807) is 20.8 Å². The lowest BCUT2D eigenvalue weighted by Gasteiger charge is -2.35. The van der Waals surface area contributed by atoms with Crippen LogP contribution in [0.5, 0.6) is 0 Å². The number of amides is 2. The first-order valence-electron chi connectivity index (χ1n) is 11.2. The van der Waals surface area contributed by atoms with Crippen molar-refractivity contribution in [1.29, 1.82) is 0 Å². The van der Waals surface area contributed by atoms with Crippen LogP contribution in [0.2, 0.25) is 0 Å². The molecule has 2 aromatic carbocycles.